The van der Waals surface area contributed by atoms with E-state index in [2.05, 4.69) is 5.16 Å². The molecule has 0 heterocycles. The Kier molecular flexibility index (Phi) is 2.07. The maximum Gasteiger partial charge on any atom is 0.303 e. The van der Waals surface area contributed by atoms with E-state index in [0.29, 0.717) is 5.92 Å². The first-order chi connectivity index (χ1) is 6.94. The van der Waals surface area contributed by atoms with Crippen LogP contribution in [0, 0.1) is 16.7 Å². The molecule has 4 nitrogen and oxygen atoms in total. The van der Waals surface area contributed by atoms with Crippen molar-refractivity contribution >= 4 is 11.7 Å². The third-order valence-corrected chi connectivity index (χ3v) is 4.87. The predicted molar refractivity (Wildman–Crippen MR) is 55.0 cm³/mol. The minimum Gasteiger partial charge on any atom is -0.481 e. The van der Waals surface area contributed by atoms with Crippen molar-refractivity contribution in [3.8, 4) is 0 Å². The standard InChI is InChI=1S/C11H17NO3/c1-10-4-3-7(5-8(10)12-15)11(10,2)6-9(13)14/h7,15H,3-6H2,1-2H3,(H,13,14)/b12-8+. The lowest BCUT2D eigenvalue weighted by Crippen LogP contribution is -2.36. The van der Waals surface area contributed by atoms with E-state index >= 15 is 0 Å². The van der Waals surface area contributed by atoms with Crippen LogP contribution in [0.25, 0.3) is 0 Å². The zero-order valence-corrected chi connectivity index (χ0v) is 9.16. The molecule has 0 aliphatic heterocycles. The van der Waals surface area contributed by atoms with E-state index in [4.69, 9.17) is 10.3 Å². The van der Waals surface area contributed by atoms with Crippen molar-refractivity contribution in [2.24, 2.45) is 21.9 Å². The minimum atomic E-state index is -0.755. The highest BCUT2D eigenvalue weighted by Gasteiger charge is 2.63. The Morgan fingerprint density at radius 1 is 1.60 bits per heavy atom. The van der Waals surface area contributed by atoms with Gasteiger partial charge in [-0.25, -0.2) is 0 Å². The second-order valence-electron chi connectivity index (χ2n) is 5.31. The summed E-state index contributed by atoms with van der Waals surface area (Å²) >= 11 is 0. The van der Waals surface area contributed by atoms with Crippen LogP contribution in [0.2, 0.25) is 0 Å². The van der Waals surface area contributed by atoms with Crippen LogP contribution < -0.4 is 0 Å². The molecule has 2 saturated carbocycles. The Morgan fingerprint density at radius 3 is 2.73 bits per heavy atom. The molecule has 0 aromatic rings. The highest BCUT2D eigenvalue weighted by Crippen LogP contribution is 2.65. The van der Waals surface area contributed by atoms with Gasteiger partial charge in [0.25, 0.3) is 0 Å². The lowest BCUT2D eigenvalue weighted by atomic mass is 9.67. The molecule has 2 fully saturated rings. The van der Waals surface area contributed by atoms with Gasteiger partial charge in [0.15, 0.2) is 0 Å². The first kappa shape index (κ1) is 10.5. The van der Waals surface area contributed by atoms with Gasteiger partial charge in [0.1, 0.15) is 0 Å². The SMILES string of the molecule is CC12CCC(C/C1=N\O)C2(C)CC(=O)O. The molecule has 0 saturated heterocycles. The summed E-state index contributed by atoms with van der Waals surface area (Å²) in [4.78, 5) is 10.9. The van der Waals surface area contributed by atoms with Crippen molar-refractivity contribution in [3.05, 3.63) is 0 Å². The fourth-order valence-electron chi connectivity index (χ4n) is 3.58. The van der Waals surface area contributed by atoms with Crippen molar-refractivity contribution < 1.29 is 15.1 Å². The fraction of sp³-hybridized carbons (Fsp3) is 0.818. The summed E-state index contributed by atoms with van der Waals surface area (Å²) in [6.45, 7) is 4.06. The number of nitrogens with zero attached hydrogens (tertiary/aromatic N) is 1. The third kappa shape index (κ3) is 1.13. The van der Waals surface area contributed by atoms with E-state index in [0.717, 1.165) is 25.0 Å². The molecule has 2 bridgehead atoms. The maximum atomic E-state index is 10.9. The van der Waals surface area contributed by atoms with Crippen LogP contribution in [-0.4, -0.2) is 22.0 Å². The van der Waals surface area contributed by atoms with Gasteiger partial charge in [0, 0.05) is 5.41 Å². The van der Waals surface area contributed by atoms with Gasteiger partial charge >= 0.3 is 5.97 Å². The number of rotatable bonds is 2. The third-order valence-electron chi connectivity index (χ3n) is 4.87. The van der Waals surface area contributed by atoms with Crippen LogP contribution >= 0.6 is 0 Å². The molecular weight excluding hydrogens is 194 g/mol. The second-order valence-corrected chi connectivity index (χ2v) is 5.31. The largest absolute Gasteiger partial charge is 0.481 e. The summed E-state index contributed by atoms with van der Waals surface area (Å²) in [7, 11) is 0. The van der Waals surface area contributed by atoms with E-state index < -0.39 is 5.97 Å². The van der Waals surface area contributed by atoms with Crippen molar-refractivity contribution in [2.75, 3.05) is 0 Å². The molecule has 2 aliphatic rings. The summed E-state index contributed by atoms with van der Waals surface area (Å²) in [5, 5.41) is 21.3. The van der Waals surface area contributed by atoms with E-state index in [1.54, 1.807) is 0 Å². The van der Waals surface area contributed by atoms with Gasteiger partial charge in [-0.05, 0) is 30.6 Å². The lowest BCUT2D eigenvalue weighted by Gasteiger charge is -2.36. The van der Waals surface area contributed by atoms with Crippen LogP contribution in [-0.2, 0) is 4.79 Å². The first-order valence-electron chi connectivity index (χ1n) is 5.37. The van der Waals surface area contributed by atoms with Crippen molar-refractivity contribution in [1.29, 1.82) is 0 Å². The Balaban J connectivity index is 2.39. The molecule has 2 aliphatic carbocycles. The molecule has 0 amide bonds. The Labute approximate surface area is 89.0 Å². The van der Waals surface area contributed by atoms with E-state index in [-0.39, 0.29) is 17.3 Å². The summed E-state index contributed by atoms with van der Waals surface area (Å²) in [5.74, 6) is -0.390. The normalized spacial score (nSPS) is 46.3. The lowest BCUT2D eigenvalue weighted by molar-refractivity contribution is -0.141. The zero-order chi connectivity index (χ0) is 11.3. The molecule has 0 aromatic heterocycles. The van der Waals surface area contributed by atoms with Crippen molar-refractivity contribution in [2.45, 2.75) is 39.5 Å². The number of carboxylic acid groups (broad SMARTS) is 1. The van der Waals surface area contributed by atoms with E-state index in [1.807, 2.05) is 13.8 Å². The molecule has 3 unspecified atom stereocenters. The number of carbonyl (C=O) groups is 1. The quantitative estimate of drug-likeness (QED) is 0.543. The Morgan fingerprint density at radius 2 is 2.27 bits per heavy atom. The average Bonchev–Trinajstić information content (AvgIpc) is 2.49. The highest BCUT2D eigenvalue weighted by atomic mass is 16.4. The Bertz CT molecular complexity index is 339. The number of hydrogen-bond donors (Lipinski definition) is 2. The van der Waals surface area contributed by atoms with Gasteiger partial charge in [0.05, 0.1) is 12.1 Å². The fourth-order valence-corrected chi connectivity index (χ4v) is 3.58. The number of hydrogen-bond acceptors (Lipinski definition) is 3. The van der Waals surface area contributed by atoms with Gasteiger partial charge < -0.3 is 10.3 Å². The second kappa shape index (κ2) is 2.97. The molecule has 2 N–H and O–H groups in total. The zero-order valence-electron chi connectivity index (χ0n) is 9.16. The van der Waals surface area contributed by atoms with Gasteiger partial charge in [-0.15, -0.1) is 0 Å². The minimum absolute atomic E-state index is 0.174. The van der Waals surface area contributed by atoms with Crippen molar-refractivity contribution in [3.63, 3.8) is 0 Å². The molecule has 4 heteroatoms. The van der Waals surface area contributed by atoms with Crippen LogP contribution in [0.1, 0.15) is 39.5 Å². The highest BCUT2D eigenvalue weighted by molar-refractivity contribution is 5.94. The predicted octanol–water partition coefficient (Wildman–Crippen LogP) is 2.12. The van der Waals surface area contributed by atoms with Crippen LogP contribution in [0.3, 0.4) is 0 Å². The van der Waals surface area contributed by atoms with Gasteiger partial charge in [-0.1, -0.05) is 19.0 Å². The van der Waals surface area contributed by atoms with Gasteiger partial charge in [-0.3, -0.25) is 4.79 Å². The summed E-state index contributed by atoms with van der Waals surface area (Å²) in [6, 6.07) is 0. The smallest absolute Gasteiger partial charge is 0.303 e. The molecule has 2 rings (SSSR count). The maximum absolute atomic E-state index is 10.9. The number of carboxylic acids is 1. The number of fused-ring (bicyclic) bond motifs is 2. The molecule has 0 aromatic carbocycles. The van der Waals surface area contributed by atoms with Crippen LogP contribution in [0.5, 0.6) is 0 Å². The van der Waals surface area contributed by atoms with E-state index in [1.165, 1.54) is 0 Å². The number of oxime groups is 1. The molecular formula is C11H17NO3. The van der Waals surface area contributed by atoms with Gasteiger partial charge in [0.2, 0.25) is 0 Å². The van der Waals surface area contributed by atoms with Crippen molar-refractivity contribution in [1.82, 2.24) is 0 Å². The summed E-state index contributed by atoms with van der Waals surface area (Å²) in [6.07, 6.45) is 2.93. The average molecular weight is 211 g/mol. The molecule has 15 heavy (non-hydrogen) atoms. The monoisotopic (exact) mass is 211 g/mol. The number of aliphatic carboxylic acids is 1. The van der Waals surface area contributed by atoms with Crippen LogP contribution in [0.15, 0.2) is 5.16 Å². The molecule has 0 spiro atoms. The Hall–Kier alpha value is -1.06. The summed E-state index contributed by atoms with van der Waals surface area (Å²) in [5.41, 5.74) is 0.341. The summed E-state index contributed by atoms with van der Waals surface area (Å²) < 4.78 is 0. The van der Waals surface area contributed by atoms with E-state index in [9.17, 15) is 4.79 Å². The molecule has 84 valence electrons. The topological polar surface area (TPSA) is 69.9 Å². The van der Waals surface area contributed by atoms with Crippen LogP contribution in [0.4, 0.5) is 0 Å². The first-order valence-corrected chi connectivity index (χ1v) is 5.37. The van der Waals surface area contributed by atoms with Gasteiger partial charge in [-0.2, -0.15) is 0 Å². The molecule has 0 radical (unpaired) electrons. The molecule has 3 atom stereocenters.